The number of nitrogens with zero attached hydrogens (tertiary/aromatic N) is 1. The van der Waals surface area contributed by atoms with Gasteiger partial charge < -0.3 is 22.3 Å². The summed E-state index contributed by atoms with van der Waals surface area (Å²) in [5.41, 5.74) is 1.48. The van der Waals surface area contributed by atoms with Crippen LogP contribution in [0.25, 0.3) is 0 Å². The number of aromatic nitrogens is 1. The van der Waals surface area contributed by atoms with E-state index < -0.39 is 0 Å². The summed E-state index contributed by atoms with van der Waals surface area (Å²) < 4.78 is 2.33. The minimum absolute atomic E-state index is 0. The Hall–Kier alpha value is -0.0600. The molecule has 0 aromatic carbocycles. The van der Waals surface area contributed by atoms with Crippen molar-refractivity contribution in [2.75, 3.05) is 19.8 Å². The lowest BCUT2D eigenvalue weighted by molar-refractivity contribution is -0.697. The first kappa shape index (κ1) is 26.2. The van der Waals surface area contributed by atoms with Gasteiger partial charge in [-0.15, -0.1) is 0 Å². The number of aryl methyl sites for hydroxylation is 2. The lowest BCUT2D eigenvalue weighted by Gasteiger charge is -2.01. The molecule has 0 aliphatic heterocycles. The number of pyridine rings is 1. The standard InChI is InChI=1S/C18H31NS.C2H7N.BrH/c1-2-3-11-18-12-15-19(16-13-18)14-9-7-5-4-6-8-10-17-20;1-3-2;/h12-13,15-16H,2-11,14,17H2,1H3;3H,1-2H3;1H. The maximum absolute atomic E-state index is 4.24. The summed E-state index contributed by atoms with van der Waals surface area (Å²) in [6, 6.07) is 4.57. The van der Waals surface area contributed by atoms with Crippen molar-refractivity contribution >= 4 is 12.6 Å². The number of nitrogens with one attached hydrogen (secondary N) is 1. The van der Waals surface area contributed by atoms with Crippen molar-refractivity contribution in [3.8, 4) is 0 Å². The van der Waals surface area contributed by atoms with E-state index in [0.717, 1.165) is 5.75 Å². The number of hydrogen-bond donors (Lipinski definition) is 2. The monoisotopic (exact) mass is 418 g/mol. The molecule has 0 fully saturated rings. The average molecular weight is 420 g/mol. The second-order valence-electron chi connectivity index (χ2n) is 6.25. The van der Waals surface area contributed by atoms with E-state index in [9.17, 15) is 0 Å². The van der Waals surface area contributed by atoms with Crippen LogP contribution in [0.3, 0.4) is 0 Å². The van der Waals surface area contributed by atoms with Gasteiger partial charge >= 0.3 is 0 Å². The third-order valence-corrected chi connectivity index (χ3v) is 4.17. The van der Waals surface area contributed by atoms with Gasteiger partial charge in [0.05, 0.1) is 0 Å². The molecule has 0 aliphatic rings. The molecule has 0 saturated heterocycles. The Morgan fingerprint density at radius 1 is 0.875 bits per heavy atom. The number of hydrogen-bond acceptors (Lipinski definition) is 2. The van der Waals surface area contributed by atoms with Crippen molar-refractivity contribution in [1.29, 1.82) is 0 Å². The Labute approximate surface area is 167 Å². The van der Waals surface area contributed by atoms with Crippen LogP contribution in [0.4, 0.5) is 0 Å². The Kier molecular flexibility index (Phi) is 22.9. The molecule has 4 heteroatoms. The first-order valence-corrected chi connectivity index (χ1v) is 10.1. The molecule has 24 heavy (non-hydrogen) atoms. The van der Waals surface area contributed by atoms with Crippen LogP contribution in [0.5, 0.6) is 0 Å². The van der Waals surface area contributed by atoms with Crippen LogP contribution in [0.15, 0.2) is 24.5 Å². The predicted octanol–water partition coefficient (Wildman–Crippen LogP) is 1.82. The highest BCUT2D eigenvalue weighted by Gasteiger charge is 2.01. The molecule has 0 saturated carbocycles. The Morgan fingerprint density at radius 3 is 1.88 bits per heavy atom. The largest absolute Gasteiger partial charge is 1.00 e. The minimum atomic E-state index is 0. The van der Waals surface area contributed by atoms with Gasteiger partial charge in [0.15, 0.2) is 12.4 Å². The van der Waals surface area contributed by atoms with Crippen LogP contribution < -0.4 is 26.9 Å². The van der Waals surface area contributed by atoms with Crippen molar-refractivity contribution in [1.82, 2.24) is 5.32 Å². The molecule has 0 unspecified atom stereocenters. The van der Waals surface area contributed by atoms with Crippen molar-refractivity contribution in [3.05, 3.63) is 30.1 Å². The van der Waals surface area contributed by atoms with Gasteiger partial charge in [-0.1, -0.05) is 39.0 Å². The number of halogens is 1. The van der Waals surface area contributed by atoms with E-state index >= 15 is 0 Å². The number of rotatable bonds is 12. The van der Waals surface area contributed by atoms with Crippen LogP contribution >= 0.6 is 12.6 Å². The van der Waals surface area contributed by atoms with Gasteiger partial charge in [0.1, 0.15) is 6.54 Å². The van der Waals surface area contributed by atoms with Gasteiger partial charge in [-0.05, 0) is 51.1 Å². The lowest BCUT2D eigenvalue weighted by Crippen LogP contribution is -3.00. The molecule has 0 bridgehead atoms. The normalized spacial score (nSPS) is 9.83. The molecule has 0 atom stereocenters. The van der Waals surface area contributed by atoms with Gasteiger partial charge in [-0.3, -0.25) is 0 Å². The van der Waals surface area contributed by atoms with E-state index in [1.165, 1.54) is 76.3 Å². The van der Waals surface area contributed by atoms with E-state index in [2.05, 4.69) is 54.0 Å². The number of thiol groups is 1. The van der Waals surface area contributed by atoms with Crippen LogP contribution in [-0.4, -0.2) is 19.8 Å². The smallest absolute Gasteiger partial charge is 0.169 e. The highest BCUT2D eigenvalue weighted by atomic mass is 79.9. The van der Waals surface area contributed by atoms with E-state index in [1.54, 1.807) is 0 Å². The maximum Gasteiger partial charge on any atom is 0.169 e. The summed E-state index contributed by atoms with van der Waals surface area (Å²) in [6.07, 6.45) is 17.8. The predicted molar refractivity (Wildman–Crippen MR) is 106 cm³/mol. The fourth-order valence-corrected chi connectivity index (χ4v) is 2.70. The molecule has 1 aromatic rings. The zero-order chi connectivity index (χ0) is 17.2. The van der Waals surface area contributed by atoms with Gasteiger partial charge in [0, 0.05) is 18.6 Å². The molecule has 0 spiro atoms. The average Bonchev–Trinajstić information content (AvgIpc) is 2.57. The van der Waals surface area contributed by atoms with Crippen LogP contribution in [-0.2, 0) is 13.0 Å². The highest BCUT2D eigenvalue weighted by Crippen LogP contribution is 2.07. The molecule has 1 aromatic heterocycles. The van der Waals surface area contributed by atoms with Crippen molar-refractivity contribution in [3.63, 3.8) is 0 Å². The fourth-order valence-electron chi connectivity index (χ4n) is 2.47. The molecule has 0 amide bonds. The van der Waals surface area contributed by atoms with Crippen molar-refractivity contribution in [2.24, 2.45) is 0 Å². The molecular formula is C20H39BrN2S. The first-order chi connectivity index (χ1) is 11.3. The fraction of sp³-hybridized carbons (Fsp3) is 0.750. The van der Waals surface area contributed by atoms with Gasteiger partial charge in [-0.25, -0.2) is 4.57 Å². The van der Waals surface area contributed by atoms with Gasteiger partial charge in [0.25, 0.3) is 0 Å². The van der Waals surface area contributed by atoms with Crippen molar-refractivity contribution < 1.29 is 21.5 Å². The van der Waals surface area contributed by atoms with Gasteiger partial charge in [-0.2, -0.15) is 12.6 Å². The second kappa shape index (κ2) is 21.0. The summed E-state index contributed by atoms with van der Waals surface area (Å²) in [6.45, 7) is 3.42. The van der Waals surface area contributed by atoms with Gasteiger partial charge in [0.2, 0.25) is 0 Å². The Bertz CT molecular complexity index is 344. The molecular weight excluding hydrogens is 380 g/mol. The molecule has 1 N–H and O–H groups in total. The van der Waals surface area contributed by atoms with Crippen LogP contribution in [0.1, 0.15) is 70.3 Å². The van der Waals surface area contributed by atoms with E-state index in [4.69, 9.17) is 0 Å². The first-order valence-electron chi connectivity index (χ1n) is 9.45. The van der Waals surface area contributed by atoms with E-state index in [0.29, 0.717) is 0 Å². The molecule has 0 radical (unpaired) electrons. The highest BCUT2D eigenvalue weighted by molar-refractivity contribution is 7.80. The summed E-state index contributed by atoms with van der Waals surface area (Å²) in [7, 11) is 3.75. The third kappa shape index (κ3) is 16.8. The zero-order valence-electron chi connectivity index (χ0n) is 16.1. The maximum atomic E-state index is 4.24. The quantitative estimate of drug-likeness (QED) is 0.300. The van der Waals surface area contributed by atoms with Crippen LogP contribution in [0, 0.1) is 0 Å². The second-order valence-corrected chi connectivity index (χ2v) is 6.69. The minimum Gasteiger partial charge on any atom is -1.00 e. The van der Waals surface area contributed by atoms with E-state index in [-0.39, 0.29) is 17.0 Å². The summed E-state index contributed by atoms with van der Waals surface area (Å²) in [5, 5.41) is 2.75. The van der Waals surface area contributed by atoms with E-state index in [1.807, 2.05) is 14.1 Å². The molecule has 1 heterocycles. The third-order valence-electron chi connectivity index (χ3n) is 3.85. The Morgan fingerprint density at radius 2 is 1.38 bits per heavy atom. The molecule has 142 valence electrons. The SMILES string of the molecule is CCCCc1cc[n+](CCCCCCCCCS)cc1.CNC.[Br-]. The molecule has 0 aliphatic carbocycles. The lowest BCUT2D eigenvalue weighted by atomic mass is 10.1. The molecule has 1 rings (SSSR count). The summed E-state index contributed by atoms with van der Waals surface area (Å²) in [5.74, 6) is 1.05. The van der Waals surface area contributed by atoms with Crippen LogP contribution in [0.2, 0.25) is 0 Å². The summed E-state index contributed by atoms with van der Waals surface area (Å²) in [4.78, 5) is 0. The van der Waals surface area contributed by atoms with Crippen molar-refractivity contribution in [2.45, 2.75) is 77.7 Å². The Balaban J connectivity index is 0. The number of unbranched alkanes of at least 4 members (excludes halogenated alkanes) is 7. The summed E-state index contributed by atoms with van der Waals surface area (Å²) >= 11 is 4.24. The molecule has 2 nitrogen and oxygen atoms in total. The zero-order valence-corrected chi connectivity index (χ0v) is 18.5. The topological polar surface area (TPSA) is 15.9 Å².